The van der Waals surface area contributed by atoms with Gasteiger partial charge in [0.15, 0.2) is 11.5 Å². The first kappa shape index (κ1) is 23.4. The average Bonchev–Trinajstić information content (AvgIpc) is 2.76. The SMILES string of the molecule is CCOc1cc(CNc2c(-c3cc(C)c(C)cc3C)c(=O)c2=O)cc(OCC)c1OCC. The summed E-state index contributed by atoms with van der Waals surface area (Å²) in [5, 5.41) is 3.17. The lowest BCUT2D eigenvalue weighted by Crippen LogP contribution is -2.36. The summed E-state index contributed by atoms with van der Waals surface area (Å²) in [6, 6.07) is 7.76. The molecule has 0 radical (unpaired) electrons. The lowest BCUT2D eigenvalue weighted by atomic mass is 9.91. The van der Waals surface area contributed by atoms with E-state index < -0.39 is 10.9 Å². The summed E-state index contributed by atoms with van der Waals surface area (Å²) in [7, 11) is 0. The second-order valence-corrected chi connectivity index (χ2v) is 7.73. The Hall–Kier alpha value is -3.28. The molecule has 0 bridgehead atoms. The molecule has 32 heavy (non-hydrogen) atoms. The van der Waals surface area contributed by atoms with E-state index in [0.717, 1.165) is 27.8 Å². The maximum absolute atomic E-state index is 12.4. The minimum absolute atomic E-state index is 0.342. The van der Waals surface area contributed by atoms with Crippen LogP contribution in [0.3, 0.4) is 0 Å². The van der Waals surface area contributed by atoms with E-state index in [2.05, 4.69) is 5.32 Å². The van der Waals surface area contributed by atoms with Crippen LogP contribution in [0.15, 0.2) is 33.9 Å². The van der Waals surface area contributed by atoms with Gasteiger partial charge in [0.05, 0.1) is 31.1 Å². The molecule has 0 saturated carbocycles. The number of ether oxygens (including phenoxy) is 3. The summed E-state index contributed by atoms with van der Waals surface area (Å²) >= 11 is 0. The Kier molecular flexibility index (Phi) is 7.23. The van der Waals surface area contributed by atoms with Crippen LogP contribution in [-0.2, 0) is 6.54 Å². The minimum atomic E-state index is -0.487. The Morgan fingerprint density at radius 2 is 1.28 bits per heavy atom. The molecule has 170 valence electrons. The zero-order chi connectivity index (χ0) is 23.4. The van der Waals surface area contributed by atoms with Crippen LogP contribution in [0.2, 0.25) is 0 Å². The third-order valence-electron chi connectivity index (χ3n) is 5.46. The fourth-order valence-corrected chi connectivity index (χ4v) is 3.78. The van der Waals surface area contributed by atoms with Gasteiger partial charge in [0.25, 0.3) is 0 Å². The number of rotatable bonds is 10. The van der Waals surface area contributed by atoms with Gasteiger partial charge in [0.2, 0.25) is 16.6 Å². The highest BCUT2D eigenvalue weighted by Crippen LogP contribution is 2.39. The highest BCUT2D eigenvalue weighted by molar-refractivity contribution is 5.84. The van der Waals surface area contributed by atoms with E-state index in [9.17, 15) is 9.59 Å². The topological polar surface area (TPSA) is 73.9 Å². The van der Waals surface area contributed by atoms with Crippen molar-refractivity contribution < 1.29 is 14.2 Å². The molecule has 3 rings (SSSR count). The lowest BCUT2D eigenvalue weighted by Gasteiger charge is -2.19. The monoisotopic (exact) mass is 437 g/mol. The molecule has 3 aromatic carbocycles. The summed E-state index contributed by atoms with van der Waals surface area (Å²) in [6.45, 7) is 13.5. The second kappa shape index (κ2) is 9.90. The van der Waals surface area contributed by atoms with Crippen LogP contribution in [0.5, 0.6) is 17.2 Å². The van der Waals surface area contributed by atoms with Gasteiger partial charge in [-0.25, -0.2) is 0 Å². The third-order valence-corrected chi connectivity index (χ3v) is 5.46. The summed E-state index contributed by atoms with van der Waals surface area (Å²) in [4.78, 5) is 24.8. The fourth-order valence-electron chi connectivity index (χ4n) is 3.78. The summed E-state index contributed by atoms with van der Waals surface area (Å²) in [6.07, 6.45) is 0. The smallest absolute Gasteiger partial charge is 0.250 e. The van der Waals surface area contributed by atoms with Crippen molar-refractivity contribution >= 4 is 5.69 Å². The van der Waals surface area contributed by atoms with E-state index >= 15 is 0 Å². The number of anilines is 1. The molecule has 3 aromatic rings. The Morgan fingerprint density at radius 3 is 1.84 bits per heavy atom. The number of aryl methyl sites for hydroxylation is 3. The Labute approximate surface area is 188 Å². The number of hydrogen-bond acceptors (Lipinski definition) is 6. The molecule has 0 aliphatic carbocycles. The van der Waals surface area contributed by atoms with Gasteiger partial charge in [-0.15, -0.1) is 0 Å². The number of hydrogen-bond donors (Lipinski definition) is 1. The predicted octanol–water partition coefficient (Wildman–Crippen LogP) is 4.68. The van der Waals surface area contributed by atoms with Crippen molar-refractivity contribution in [2.75, 3.05) is 25.1 Å². The van der Waals surface area contributed by atoms with E-state index in [1.54, 1.807) is 0 Å². The molecule has 0 amide bonds. The Balaban J connectivity index is 1.94. The molecule has 0 unspecified atom stereocenters. The number of benzene rings is 2. The predicted molar refractivity (Wildman–Crippen MR) is 128 cm³/mol. The highest BCUT2D eigenvalue weighted by Gasteiger charge is 2.24. The first-order valence-electron chi connectivity index (χ1n) is 11.0. The molecule has 1 N–H and O–H groups in total. The molecule has 0 fully saturated rings. The van der Waals surface area contributed by atoms with Crippen molar-refractivity contribution in [3.05, 3.63) is 67.0 Å². The summed E-state index contributed by atoms with van der Waals surface area (Å²) < 4.78 is 17.3. The molecular weight excluding hydrogens is 406 g/mol. The molecular formula is C26H31NO5. The van der Waals surface area contributed by atoms with Gasteiger partial charge in [-0.2, -0.15) is 0 Å². The molecule has 6 nitrogen and oxygen atoms in total. The maximum atomic E-state index is 12.4. The standard InChI is InChI=1S/C26H31NO5/c1-7-30-20-12-18(13-21(31-8-2)26(20)32-9-3)14-27-23-22(24(28)25(23)29)19-11-16(5)15(4)10-17(19)6/h10-13,27H,7-9,14H2,1-6H3. The Bertz CT molecular complexity index is 1160. The van der Waals surface area contributed by atoms with Gasteiger partial charge in [-0.3, -0.25) is 9.59 Å². The van der Waals surface area contributed by atoms with Crippen molar-refractivity contribution in [3.63, 3.8) is 0 Å². The third kappa shape index (κ3) is 4.49. The molecule has 0 spiro atoms. The van der Waals surface area contributed by atoms with Crippen LogP contribution < -0.4 is 30.4 Å². The van der Waals surface area contributed by atoms with Gasteiger partial charge in [-0.1, -0.05) is 12.1 Å². The second-order valence-electron chi connectivity index (χ2n) is 7.73. The lowest BCUT2D eigenvalue weighted by molar-refractivity contribution is 0.260. The van der Waals surface area contributed by atoms with Crippen molar-refractivity contribution in [1.82, 2.24) is 0 Å². The number of nitrogens with one attached hydrogen (secondary N) is 1. The van der Waals surface area contributed by atoms with Crippen LogP contribution in [0.4, 0.5) is 5.69 Å². The quantitative estimate of drug-likeness (QED) is 0.464. The van der Waals surface area contributed by atoms with Gasteiger partial charge in [0, 0.05) is 6.54 Å². The fraction of sp³-hybridized carbons (Fsp3) is 0.385. The first-order valence-corrected chi connectivity index (χ1v) is 11.0. The highest BCUT2D eigenvalue weighted by atomic mass is 16.5. The first-order chi connectivity index (χ1) is 15.3. The maximum Gasteiger partial charge on any atom is 0.250 e. The summed E-state index contributed by atoms with van der Waals surface area (Å²) in [5.41, 5.74) is 4.74. The molecule has 0 saturated heterocycles. The van der Waals surface area contributed by atoms with Gasteiger partial charge < -0.3 is 19.5 Å². The van der Waals surface area contributed by atoms with Gasteiger partial charge in [0.1, 0.15) is 0 Å². The molecule has 0 heterocycles. The molecule has 0 aliphatic rings. The van der Waals surface area contributed by atoms with E-state index in [1.807, 2.05) is 65.8 Å². The van der Waals surface area contributed by atoms with Gasteiger partial charge >= 0.3 is 0 Å². The van der Waals surface area contributed by atoms with Crippen LogP contribution in [0.25, 0.3) is 11.1 Å². The van der Waals surface area contributed by atoms with Gasteiger partial charge in [-0.05, 0) is 81.5 Å². The summed E-state index contributed by atoms with van der Waals surface area (Å²) in [5.74, 6) is 1.75. The van der Waals surface area contributed by atoms with Crippen molar-refractivity contribution in [1.29, 1.82) is 0 Å². The van der Waals surface area contributed by atoms with E-state index in [4.69, 9.17) is 14.2 Å². The van der Waals surface area contributed by atoms with E-state index in [1.165, 1.54) is 0 Å². The zero-order valence-corrected chi connectivity index (χ0v) is 19.7. The normalized spacial score (nSPS) is 10.9. The van der Waals surface area contributed by atoms with Crippen LogP contribution in [0, 0.1) is 20.8 Å². The Morgan fingerprint density at radius 1 is 0.719 bits per heavy atom. The van der Waals surface area contributed by atoms with Crippen LogP contribution in [-0.4, -0.2) is 19.8 Å². The average molecular weight is 438 g/mol. The van der Waals surface area contributed by atoms with Crippen molar-refractivity contribution in [3.8, 4) is 28.4 Å². The largest absolute Gasteiger partial charge is 0.490 e. The van der Waals surface area contributed by atoms with E-state index in [-0.39, 0.29) is 0 Å². The van der Waals surface area contributed by atoms with Crippen molar-refractivity contribution in [2.45, 2.75) is 48.1 Å². The van der Waals surface area contributed by atoms with Crippen LogP contribution >= 0.6 is 0 Å². The van der Waals surface area contributed by atoms with Crippen molar-refractivity contribution in [2.24, 2.45) is 0 Å². The zero-order valence-electron chi connectivity index (χ0n) is 19.7. The molecule has 0 aromatic heterocycles. The molecule has 6 heteroatoms. The van der Waals surface area contributed by atoms with Crippen LogP contribution in [0.1, 0.15) is 43.0 Å². The minimum Gasteiger partial charge on any atom is -0.490 e. The van der Waals surface area contributed by atoms with E-state index in [0.29, 0.717) is 54.9 Å². The molecule has 0 atom stereocenters. The molecule has 0 aliphatic heterocycles.